The second-order valence-electron chi connectivity index (χ2n) is 4.82. The van der Waals surface area contributed by atoms with E-state index < -0.39 is 0 Å². The standard InChI is InChI=1S/C15H15N3O2S/c1-9-2-4-13(19)12(17-9)7-16-10-3-5-14-11(6-10)18-15(20)8-21-14/h2-6,16,19H,7-8H2,1H3,(H,18,20). The summed E-state index contributed by atoms with van der Waals surface area (Å²) in [7, 11) is 0. The first-order chi connectivity index (χ1) is 10.1. The van der Waals surface area contributed by atoms with Gasteiger partial charge in [-0.2, -0.15) is 0 Å². The van der Waals surface area contributed by atoms with Crippen LogP contribution in [0.3, 0.4) is 0 Å². The molecule has 0 atom stereocenters. The van der Waals surface area contributed by atoms with Crippen molar-refractivity contribution < 1.29 is 9.90 Å². The van der Waals surface area contributed by atoms with Crippen LogP contribution >= 0.6 is 11.8 Å². The molecule has 0 unspecified atom stereocenters. The van der Waals surface area contributed by atoms with Crippen LogP contribution in [0.15, 0.2) is 35.2 Å². The van der Waals surface area contributed by atoms with Crippen LogP contribution in [0.1, 0.15) is 11.4 Å². The molecule has 108 valence electrons. The maximum atomic E-state index is 11.4. The fourth-order valence-electron chi connectivity index (χ4n) is 2.11. The van der Waals surface area contributed by atoms with Crippen molar-refractivity contribution in [2.24, 2.45) is 0 Å². The zero-order valence-corrected chi connectivity index (χ0v) is 12.3. The maximum Gasteiger partial charge on any atom is 0.234 e. The largest absolute Gasteiger partial charge is 0.506 e. The Balaban J connectivity index is 1.75. The Bertz CT molecular complexity index is 703. The van der Waals surface area contributed by atoms with Gasteiger partial charge in [0, 0.05) is 16.3 Å². The Hall–Kier alpha value is -2.21. The third kappa shape index (κ3) is 3.11. The fourth-order valence-corrected chi connectivity index (χ4v) is 2.90. The molecule has 1 aliphatic rings. The minimum atomic E-state index is 0.0163. The van der Waals surface area contributed by atoms with Gasteiger partial charge in [-0.1, -0.05) is 0 Å². The van der Waals surface area contributed by atoms with E-state index in [0.29, 0.717) is 18.0 Å². The molecule has 1 aromatic heterocycles. The first-order valence-corrected chi connectivity index (χ1v) is 7.56. The molecule has 2 heterocycles. The minimum Gasteiger partial charge on any atom is -0.506 e. The summed E-state index contributed by atoms with van der Waals surface area (Å²) in [5.41, 5.74) is 3.16. The molecule has 0 radical (unpaired) electrons. The van der Waals surface area contributed by atoms with Crippen LogP contribution in [0, 0.1) is 6.92 Å². The smallest absolute Gasteiger partial charge is 0.234 e. The number of aryl methyl sites for hydroxylation is 1. The van der Waals surface area contributed by atoms with Crippen LogP contribution < -0.4 is 10.6 Å². The number of aromatic nitrogens is 1. The van der Waals surface area contributed by atoms with Crippen LogP contribution in [0.2, 0.25) is 0 Å². The Labute approximate surface area is 126 Å². The lowest BCUT2D eigenvalue weighted by atomic mass is 10.2. The van der Waals surface area contributed by atoms with Gasteiger partial charge in [-0.05, 0) is 37.3 Å². The average molecular weight is 301 g/mol. The molecule has 0 aliphatic carbocycles. The lowest BCUT2D eigenvalue weighted by molar-refractivity contribution is -0.113. The van der Waals surface area contributed by atoms with Crippen molar-refractivity contribution in [3.63, 3.8) is 0 Å². The Kier molecular flexibility index (Phi) is 3.70. The van der Waals surface area contributed by atoms with E-state index in [1.54, 1.807) is 12.1 Å². The molecule has 3 N–H and O–H groups in total. The topological polar surface area (TPSA) is 74.2 Å². The summed E-state index contributed by atoms with van der Waals surface area (Å²) in [6, 6.07) is 9.24. The van der Waals surface area contributed by atoms with E-state index in [-0.39, 0.29) is 11.7 Å². The molecule has 0 saturated carbocycles. The van der Waals surface area contributed by atoms with Gasteiger partial charge in [0.15, 0.2) is 0 Å². The Morgan fingerprint density at radius 3 is 3.10 bits per heavy atom. The number of nitrogens with one attached hydrogen (secondary N) is 2. The van der Waals surface area contributed by atoms with Crippen LogP contribution in [0.4, 0.5) is 11.4 Å². The van der Waals surface area contributed by atoms with Gasteiger partial charge < -0.3 is 15.7 Å². The van der Waals surface area contributed by atoms with Crippen LogP contribution in [0.25, 0.3) is 0 Å². The van der Waals surface area contributed by atoms with E-state index in [4.69, 9.17) is 0 Å². The molecular formula is C15H15N3O2S. The molecule has 0 fully saturated rings. The Morgan fingerprint density at radius 2 is 2.24 bits per heavy atom. The number of benzene rings is 1. The summed E-state index contributed by atoms with van der Waals surface area (Å²) in [6.45, 7) is 2.31. The monoisotopic (exact) mass is 301 g/mol. The number of amides is 1. The summed E-state index contributed by atoms with van der Waals surface area (Å²) in [5.74, 6) is 0.651. The number of thioether (sulfide) groups is 1. The highest BCUT2D eigenvalue weighted by atomic mass is 32.2. The summed E-state index contributed by atoms with van der Waals surface area (Å²) < 4.78 is 0. The normalized spacial score (nSPS) is 13.5. The molecule has 1 amide bonds. The van der Waals surface area contributed by atoms with Crippen LogP contribution in [-0.2, 0) is 11.3 Å². The predicted octanol–water partition coefficient (Wildman–Crippen LogP) is 2.75. The Morgan fingerprint density at radius 1 is 1.38 bits per heavy atom. The minimum absolute atomic E-state index is 0.0163. The highest BCUT2D eigenvalue weighted by molar-refractivity contribution is 8.00. The van der Waals surface area contributed by atoms with E-state index >= 15 is 0 Å². The molecular weight excluding hydrogens is 286 g/mol. The third-order valence-corrected chi connectivity index (χ3v) is 4.24. The first kappa shape index (κ1) is 13.8. The number of hydrogen-bond acceptors (Lipinski definition) is 5. The summed E-state index contributed by atoms with van der Waals surface area (Å²) >= 11 is 1.53. The number of rotatable bonds is 3. The van der Waals surface area contributed by atoms with Gasteiger partial charge in [-0.15, -0.1) is 11.8 Å². The second-order valence-corrected chi connectivity index (χ2v) is 5.84. The zero-order chi connectivity index (χ0) is 14.8. The van der Waals surface area contributed by atoms with Gasteiger partial charge in [-0.25, -0.2) is 0 Å². The van der Waals surface area contributed by atoms with Crippen molar-refractivity contribution in [1.82, 2.24) is 4.98 Å². The molecule has 1 aromatic carbocycles. The SMILES string of the molecule is Cc1ccc(O)c(CNc2ccc3c(c2)NC(=O)CS3)n1. The number of carbonyl (C=O) groups is 1. The number of nitrogens with zero attached hydrogens (tertiary/aromatic N) is 1. The average Bonchev–Trinajstić information content (AvgIpc) is 2.47. The van der Waals surface area contributed by atoms with Gasteiger partial charge >= 0.3 is 0 Å². The van der Waals surface area contributed by atoms with Crippen molar-refractivity contribution in [2.75, 3.05) is 16.4 Å². The van der Waals surface area contributed by atoms with Crippen LogP contribution in [-0.4, -0.2) is 21.8 Å². The number of carbonyl (C=O) groups excluding carboxylic acids is 1. The predicted molar refractivity (Wildman–Crippen MR) is 83.8 cm³/mol. The summed E-state index contributed by atoms with van der Waals surface area (Å²) in [6.07, 6.45) is 0. The highest BCUT2D eigenvalue weighted by Gasteiger charge is 2.15. The van der Waals surface area contributed by atoms with E-state index in [2.05, 4.69) is 15.6 Å². The molecule has 1 aliphatic heterocycles. The third-order valence-electron chi connectivity index (χ3n) is 3.16. The number of anilines is 2. The highest BCUT2D eigenvalue weighted by Crippen LogP contribution is 2.33. The van der Waals surface area contributed by atoms with Crippen molar-refractivity contribution in [2.45, 2.75) is 18.4 Å². The van der Waals surface area contributed by atoms with Gasteiger partial charge in [0.05, 0.1) is 18.0 Å². The maximum absolute atomic E-state index is 11.4. The van der Waals surface area contributed by atoms with Gasteiger partial charge in [-0.3, -0.25) is 9.78 Å². The summed E-state index contributed by atoms with van der Waals surface area (Å²) in [4.78, 5) is 16.8. The lowest BCUT2D eigenvalue weighted by Gasteiger charge is -2.17. The number of fused-ring (bicyclic) bond motifs is 1. The molecule has 2 aromatic rings. The zero-order valence-electron chi connectivity index (χ0n) is 11.5. The quantitative estimate of drug-likeness (QED) is 0.813. The van der Waals surface area contributed by atoms with E-state index in [9.17, 15) is 9.90 Å². The van der Waals surface area contributed by atoms with Crippen molar-refractivity contribution in [3.8, 4) is 5.75 Å². The number of aromatic hydroxyl groups is 1. The number of pyridine rings is 1. The van der Waals surface area contributed by atoms with Crippen molar-refractivity contribution >= 4 is 29.0 Å². The van der Waals surface area contributed by atoms with Crippen LogP contribution in [0.5, 0.6) is 5.75 Å². The molecule has 0 spiro atoms. The van der Waals surface area contributed by atoms with Crippen molar-refractivity contribution in [1.29, 1.82) is 0 Å². The lowest BCUT2D eigenvalue weighted by Crippen LogP contribution is -2.18. The second kappa shape index (κ2) is 5.65. The molecule has 6 heteroatoms. The van der Waals surface area contributed by atoms with Gasteiger partial charge in [0.25, 0.3) is 0 Å². The van der Waals surface area contributed by atoms with Crippen molar-refractivity contribution in [3.05, 3.63) is 41.7 Å². The van der Waals surface area contributed by atoms with E-state index in [1.165, 1.54) is 11.8 Å². The van der Waals surface area contributed by atoms with E-state index in [1.807, 2.05) is 25.1 Å². The molecule has 0 bridgehead atoms. The van der Waals surface area contributed by atoms with Gasteiger partial charge in [0.2, 0.25) is 5.91 Å². The van der Waals surface area contributed by atoms with E-state index in [0.717, 1.165) is 22.0 Å². The molecule has 5 nitrogen and oxygen atoms in total. The number of hydrogen-bond donors (Lipinski definition) is 3. The molecule has 3 rings (SSSR count). The van der Waals surface area contributed by atoms with Gasteiger partial charge in [0.1, 0.15) is 11.4 Å². The molecule has 0 saturated heterocycles. The fraction of sp³-hybridized carbons (Fsp3) is 0.200. The molecule has 21 heavy (non-hydrogen) atoms. The first-order valence-electron chi connectivity index (χ1n) is 6.58. The summed E-state index contributed by atoms with van der Waals surface area (Å²) in [5, 5.41) is 15.8.